The molecule has 2 rings (SSSR count). The highest BCUT2D eigenvalue weighted by Gasteiger charge is 2.13. The Labute approximate surface area is 101 Å². The third-order valence-electron chi connectivity index (χ3n) is 2.81. The first-order valence-corrected chi connectivity index (χ1v) is 5.60. The summed E-state index contributed by atoms with van der Waals surface area (Å²) >= 11 is 0. The second kappa shape index (κ2) is 5.55. The van der Waals surface area contributed by atoms with E-state index in [-0.39, 0.29) is 12.5 Å². The van der Waals surface area contributed by atoms with Crippen LogP contribution in [0, 0.1) is 0 Å². The van der Waals surface area contributed by atoms with Gasteiger partial charge in [-0.15, -0.1) is 0 Å². The standard InChI is InChI=1S/C14H16O3/c1-16-13-5-2-4-11(8-13)12(10-15)9-14-6-3-7-17-14/h2-8,12,15H,9-10H2,1H3. The van der Waals surface area contributed by atoms with Crippen molar-refractivity contribution in [3.05, 3.63) is 54.0 Å². The van der Waals surface area contributed by atoms with Gasteiger partial charge in [-0.2, -0.15) is 0 Å². The van der Waals surface area contributed by atoms with Crippen LogP contribution in [0.15, 0.2) is 47.1 Å². The van der Waals surface area contributed by atoms with Crippen molar-refractivity contribution >= 4 is 0 Å². The van der Waals surface area contributed by atoms with Crippen molar-refractivity contribution in [2.75, 3.05) is 13.7 Å². The first-order valence-electron chi connectivity index (χ1n) is 5.60. The lowest BCUT2D eigenvalue weighted by Gasteiger charge is -2.14. The Kier molecular flexibility index (Phi) is 3.83. The van der Waals surface area contributed by atoms with E-state index in [0.29, 0.717) is 6.42 Å². The largest absolute Gasteiger partial charge is 0.497 e. The van der Waals surface area contributed by atoms with E-state index in [4.69, 9.17) is 9.15 Å². The van der Waals surface area contributed by atoms with E-state index in [2.05, 4.69) is 0 Å². The number of ether oxygens (including phenoxy) is 1. The van der Waals surface area contributed by atoms with Crippen LogP contribution in [0.4, 0.5) is 0 Å². The van der Waals surface area contributed by atoms with Crippen LogP contribution >= 0.6 is 0 Å². The summed E-state index contributed by atoms with van der Waals surface area (Å²) in [4.78, 5) is 0. The summed E-state index contributed by atoms with van der Waals surface area (Å²) in [6.45, 7) is 0.0911. The van der Waals surface area contributed by atoms with Gasteiger partial charge in [-0.05, 0) is 29.8 Å². The zero-order valence-corrected chi connectivity index (χ0v) is 9.80. The zero-order chi connectivity index (χ0) is 12.1. The fraction of sp³-hybridized carbons (Fsp3) is 0.286. The Hall–Kier alpha value is -1.74. The van der Waals surface area contributed by atoms with E-state index in [1.165, 1.54) is 0 Å². The minimum Gasteiger partial charge on any atom is -0.497 e. The maximum atomic E-state index is 9.46. The van der Waals surface area contributed by atoms with Crippen LogP contribution in [0.2, 0.25) is 0 Å². The van der Waals surface area contributed by atoms with Crippen molar-refractivity contribution in [1.29, 1.82) is 0 Å². The topological polar surface area (TPSA) is 42.6 Å². The summed E-state index contributed by atoms with van der Waals surface area (Å²) in [5, 5.41) is 9.46. The van der Waals surface area contributed by atoms with Crippen LogP contribution in [0.5, 0.6) is 5.75 Å². The lowest BCUT2D eigenvalue weighted by atomic mass is 9.95. The van der Waals surface area contributed by atoms with Crippen LogP contribution in [0.25, 0.3) is 0 Å². The number of aliphatic hydroxyl groups excluding tert-OH is 1. The maximum Gasteiger partial charge on any atom is 0.119 e. The molecule has 0 aliphatic heterocycles. The third-order valence-corrected chi connectivity index (χ3v) is 2.81. The van der Waals surface area contributed by atoms with E-state index >= 15 is 0 Å². The fourth-order valence-corrected chi connectivity index (χ4v) is 1.85. The molecule has 3 nitrogen and oxygen atoms in total. The second-order valence-electron chi connectivity index (χ2n) is 3.94. The molecule has 90 valence electrons. The highest BCUT2D eigenvalue weighted by atomic mass is 16.5. The van der Waals surface area contributed by atoms with Gasteiger partial charge in [0.05, 0.1) is 20.0 Å². The van der Waals surface area contributed by atoms with Gasteiger partial charge in [0.25, 0.3) is 0 Å². The smallest absolute Gasteiger partial charge is 0.119 e. The molecule has 0 saturated carbocycles. The molecule has 1 unspecified atom stereocenters. The Morgan fingerprint density at radius 3 is 2.82 bits per heavy atom. The first kappa shape index (κ1) is 11.7. The van der Waals surface area contributed by atoms with Crippen LogP contribution in [-0.2, 0) is 6.42 Å². The molecule has 1 N–H and O–H groups in total. The molecule has 1 aromatic carbocycles. The molecule has 0 spiro atoms. The second-order valence-corrected chi connectivity index (χ2v) is 3.94. The van der Waals surface area contributed by atoms with E-state index < -0.39 is 0 Å². The number of rotatable bonds is 5. The van der Waals surface area contributed by atoms with Crippen LogP contribution in [0.3, 0.4) is 0 Å². The predicted octanol–water partition coefficient (Wildman–Crippen LogP) is 2.61. The Morgan fingerprint density at radius 1 is 1.29 bits per heavy atom. The summed E-state index contributed by atoms with van der Waals surface area (Å²) in [7, 11) is 1.64. The van der Waals surface area contributed by atoms with Gasteiger partial charge >= 0.3 is 0 Å². The average Bonchev–Trinajstić information content (AvgIpc) is 2.89. The molecule has 0 amide bonds. The summed E-state index contributed by atoms with van der Waals surface area (Å²) < 4.78 is 10.5. The summed E-state index contributed by atoms with van der Waals surface area (Å²) in [5.41, 5.74) is 1.06. The molecule has 1 heterocycles. The normalized spacial score (nSPS) is 12.4. The lowest BCUT2D eigenvalue weighted by molar-refractivity contribution is 0.259. The van der Waals surface area contributed by atoms with Crippen LogP contribution < -0.4 is 4.74 Å². The molecule has 0 radical (unpaired) electrons. The number of hydrogen-bond acceptors (Lipinski definition) is 3. The van der Waals surface area contributed by atoms with Gasteiger partial charge in [0.15, 0.2) is 0 Å². The maximum absolute atomic E-state index is 9.46. The van der Waals surface area contributed by atoms with Gasteiger partial charge in [-0.1, -0.05) is 12.1 Å². The Balaban J connectivity index is 2.16. The number of furan rings is 1. The van der Waals surface area contributed by atoms with E-state index in [9.17, 15) is 5.11 Å². The quantitative estimate of drug-likeness (QED) is 0.861. The third kappa shape index (κ3) is 2.88. The molecular weight excluding hydrogens is 216 g/mol. The molecule has 1 aromatic heterocycles. The van der Waals surface area contributed by atoms with Gasteiger partial charge in [-0.25, -0.2) is 0 Å². The number of methoxy groups -OCH3 is 1. The molecule has 3 heteroatoms. The van der Waals surface area contributed by atoms with Crippen molar-refractivity contribution < 1.29 is 14.3 Å². The Morgan fingerprint density at radius 2 is 2.18 bits per heavy atom. The number of benzene rings is 1. The zero-order valence-electron chi connectivity index (χ0n) is 9.80. The summed E-state index contributed by atoms with van der Waals surface area (Å²) in [6, 6.07) is 11.5. The molecule has 0 fully saturated rings. The average molecular weight is 232 g/mol. The monoisotopic (exact) mass is 232 g/mol. The summed E-state index contributed by atoms with van der Waals surface area (Å²) in [5.74, 6) is 1.73. The van der Waals surface area contributed by atoms with Crippen molar-refractivity contribution in [3.8, 4) is 5.75 Å². The number of hydrogen-bond donors (Lipinski definition) is 1. The van der Waals surface area contributed by atoms with Gasteiger partial charge in [-0.3, -0.25) is 0 Å². The van der Waals surface area contributed by atoms with Gasteiger partial charge in [0, 0.05) is 12.3 Å². The molecule has 1 atom stereocenters. The predicted molar refractivity (Wildman–Crippen MR) is 65.2 cm³/mol. The van der Waals surface area contributed by atoms with Crippen molar-refractivity contribution in [1.82, 2.24) is 0 Å². The highest BCUT2D eigenvalue weighted by molar-refractivity contribution is 5.31. The fourth-order valence-electron chi connectivity index (χ4n) is 1.85. The van der Waals surface area contributed by atoms with E-state index in [1.54, 1.807) is 13.4 Å². The van der Waals surface area contributed by atoms with Gasteiger partial charge < -0.3 is 14.3 Å². The van der Waals surface area contributed by atoms with E-state index in [1.807, 2.05) is 36.4 Å². The van der Waals surface area contributed by atoms with E-state index in [0.717, 1.165) is 17.1 Å². The van der Waals surface area contributed by atoms with Gasteiger partial charge in [0.2, 0.25) is 0 Å². The van der Waals surface area contributed by atoms with Crippen molar-refractivity contribution in [2.45, 2.75) is 12.3 Å². The molecule has 17 heavy (non-hydrogen) atoms. The molecule has 0 bridgehead atoms. The minimum absolute atomic E-state index is 0.0382. The van der Waals surface area contributed by atoms with Crippen LogP contribution in [0.1, 0.15) is 17.2 Å². The molecule has 0 aliphatic rings. The highest BCUT2D eigenvalue weighted by Crippen LogP contribution is 2.24. The molecule has 0 saturated heterocycles. The Bertz CT molecular complexity index is 448. The minimum atomic E-state index is 0.0382. The molecular formula is C14H16O3. The first-order chi connectivity index (χ1) is 8.33. The van der Waals surface area contributed by atoms with Crippen molar-refractivity contribution in [3.63, 3.8) is 0 Å². The SMILES string of the molecule is COc1cccc(C(CO)Cc2ccco2)c1. The number of aliphatic hydroxyl groups is 1. The van der Waals surface area contributed by atoms with Crippen molar-refractivity contribution in [2.24, 2.45) is 0 Å². The lowest BCUT2D eigenvalue weighted by Crippen LogP contribution is -2.07. The molecule has 0 aliphatic carbocycles. The van der Waals surface area contributed by atoms with Gasteiger partial charge in [0.1, 0.15) is 11.5 Å². The summed E-state index contributed by atoms with van der Waals surface area (Å²) in [6.07, 6.45) is 2.34. The van der Waals surface area contributed by atoms with Crippen LogP contribution in [-0.4, -0.2) is 18.8 Å². The molecule has 2 aromatic rings.